The first-order chi connectivity index (χ1) is 14.6. The lowest BCUT2D eigenvalue weighted by Gasteiger charge is -2.12. The Balaban J connectivity index is 1.17. The molecule has 0 aromatic heterocycles. The maximum Gasteiger partial charge on any atom is 0.255 e. The van der Waals surface area contributed by atoms with Crippen molar-refractivity contribution in [2.75, 3.05) is 16.9 Å². The molecule has 2 N–H and O–H groups in total. The van der Waals surface area contributed by atoms with E-state index in [-0.39, 0.29) is 11.8 Å². The fourth-order valence-corrected chi connectivity index (χ4v) is 3.96. The van der Waals surface area contributed by atoms with Gasteiger partial charge in [-0.25, -0.2) is 5.01 Å². The van der Waals surface area contributed by atoms with Gasteiger partial charge >= 0.3 is 0 Å². The van der Waals surface area contributed by atoms with Crippen molar-refractivity contribution in [1.82, 2.24) is 5.32 Å². The minimum Gasteiger partial charge on any atom is -0.322 e. The number of benzene rings is 2. The third-order valence-electron chi connectivity index (χ3n) is 6.04. The minimum absolute atomic E-state index is 0.0370. The topological polar surface area (TPSA) is 73.8 Å². The summed E-state index contributed by atoms with van der Waals surface area (Å²) in [4.78, 5) is 24.5. The summed E-state index contributed by atoms with van der Waals surface area (Å²) in [5, 5.41) is 12.2. The van der Waals surface area contributed by atoms with Crippen LogP contribution in [0.4, 0.5) is 11.4 Å². The van der Waals surface area contributed by atoms with E-state index in [4.69, 9.17) is 0 Å². The van der Waals surface area contributed by atoms with Crippen LogP contribution < -0.4 is 15.6 Å². The van der Waals surface area contributed by atoms with Gasteiger partial charge in [-0.15, -0.1) is 0 Å². The van der Waals surface area contributed by atoms with E-state index in [1.807, 2.05) is 19.1 Å². The second-order valence-electron chi connectivity index (χ2n) is 8.64. The average Bonchev–Trinajstić information content (AvgIpc) is 3.66. The molecule has 154 valence electrons. The number of hydrogen-bond acceptors (Lipinski definition) is 4. The molecule has 5 rings (SSSR count). The van der Waals surface area contributed by atoms with Gasteiger partial charge in [0.15, 0.2) is 0 Å². The third-order valence-corrected chi connectivity index (χ3v) is 6.04. The van der Waals surface area contributed by atoms with Crippen LogP contribution in [0.5, 0.6) is 0 Å². The van der Waals surface area contributed by atoms with E-state index in [1.54, 1.807) is 24.3 Å². The fourth-order valence-electron chi connectivity index (χ4n) is 3.96. The third kappa shape index (κ3) is 4.14. The van der Waals surface area contributed by atoms with Crippen LogP contribution in [-0.4, -0.2) is 30.1 Å². The maximum atomic E-state index is 12.6. The van der Waals surface area contributed by atoms with Crippen molar-refractivity contribution in [2.24, 2.45) is 11.0 Å². The molecule has 1 heterocycles. The summed E-state index contributed by atoms with van der Waals surface area (Å²) in [5.74, 6) is 1.30. The molecule has 2 amide bonds. The van der Waals surface area contributed by atoms with Gasteiger partial charge in [-0.05, 0) is 80.6 Å². The Morgan fingerprint density at radius 3 is 2.47 bits per heavy atom. The Kier molecular flexibility index (Phi) is 4.87. The molecule has 2 aromatic rings. The van der Waals surface area contributed by atoms with Crippen molar-refractivity contribution in [2.45, 2.75) is 44.6 Å². The first-order valence-electron chi connectivity index (χ1n) is 10.7. The number of carbonyl (C=O) groups is 2. The number of carbonyl (C=O) groups excluding carboxylic acids is 2. The van der Waals surface area contributed by atoms with Crippen LogP contribution in [0.1, 0.15) is 54.4 Å². The average molecular weight is 402 g/mol. The molecule has 2 atom stereocenters. The van der Waals surface area contributed by atoms with E-state index < -0.39 is 0 Å². The Morgan fingerprint density at radius 2 is 1.83 bits per heavy atom. The number of hydrogen-bond donors (Lipinski definition) is 2. The van der Waals surface area contributed by atoms with Crippen molar-refractivity contribution in [3.8, 4) is 0 Å². The zero-order valence-electron chi connectivity index (χ0n) is 17.1. The number of hydrazone groups is 1. The molecule has 0 saturated heterocycles. The van der Waals surface area contributed by atoms with Crippen molar-refractivity contribution in [1.29, 1.82) is 0 Å². The van der Waals surface area contributed by atoms with Gasteiger partial charge in [0.25, 0.3) is 11.8 Å². The van der Waals surface area contributed by atoms with E-state index in [0.29, 0.717) is 35.3 Å². The van der Waals surface area contributed by atoms with Crippen LogP contribution in [0.2, 0.25) is 0 Å². The first-order valence-corrected chi connectivity index (χ1v) is 10.7. The molecule has 2 aliphatic carbocycles. The molecular weight excluding hydrogens is 376 g/mol. The van der Waals surface area contributed by atoms with Gasteiger partial charge in [0.05, 0.1) is 12.1 Å². The molecular formula is C24H26N4O2. The van der Waals surface area contributed by atoms with Gasteiger partial charge in [0.2, 0.25) is 0 Å². The molecule has 0 spiro atoms. The smallest absolute Gasteiger partial charge is 0.255 e. The zero-order chi connectivity index (χ0) is 20.7. The van der Waals surface area contributed by atoms with Gasteiger partial charge in [-0.1, -0.05) is 12.1 Å². The minimum atomic E-state index is -0.139. The van der Waals surface area contributed by atoms with Crippen LogP contribution in [0.3, 0.4) is 0 Å². The molecule has 0 bridgehead atoms. The molecule has 6 nitrogen and oxygen atoms in total. The summed E-state index contributed by atoms with van der Waals surface area (Å²) in [5.41, 5.74) is 4.13. The molecule has 6 heteroatoms. The molecule has 30 heavy (non-hydrogen) atoms. The summed E-state index contributed by atoms with van der Waals surface area (Å²) in [6.07, 6.45) is 4.29. The number of amides is 2. The number of nitrogens with zero attached hydrogens (tertiary/aromatic N) is 2. The molecule has 3 aliphatic rings. The SMILES string of the molecule is CC1=NN(c2ccc(NC(=O)c3ccc(C4CC4NCC4CC4)cc3)cc2)C(=O)C1. The Labute approximate surface area is 176 Å². The molecule has 2 aromatic carbocycles. The second-order valence-corrected chi connectivity index (χ2v) is 8.64. The quantitative estimate of drug-likeness (QED) is 0.738. The van der Waals surface area contributed by atoms with Crippen molar-refractivity contribution in [3.05, 3.63) is 59.7 Å². The van der Waals surface area contributed by atoms with Crippen molar-refractivity contribution < 1.29 is 9.59 Å². The summed E-state index contributed by atoms with van der Waals surface area (Å²) >= 11 is 0. The molecule has 1 aliphatic heterocycles. The van der Waals surface area contributed by atoms with Gasteiger partial charge in [-0.2, -0.15) is 5.10 Å². The second kappa shape index (κ2) is 7.69. The number of rotatable bonds is 7. The predicted octanol–water partition coefficient (Wildman–Crippen LogP) is 3.91. The van der Waals surface area contributed by atoms with Crippen LogP contribution >= 0.6 is 0 Å². The Morgan fingerprint density at radius 1 is 1.10 bits per heavy atom. The molecule has 2 fully saturated rings. The standard InChI is InChI=1S/C24H26N4O2/c1-15-12-23(29)28(27-15)20-10-8-19(9-11-20)26-24(30)18-6-4-17(5-7-18)21-13-22(21)25-14-16-2-3-16/h4-11,16,21-22,25H,2-3,12-14H2,1H3,(H,26,30). The predicted molar refractivity (Wildman–Crippen MR) is 118 cm³/mol. The highest BCUT2D eigenvalue weighted by Crippen LogP contribution is 2.41. The van der Waals surface area contributed by atoms with Gasteiger partial charge in [0, 0.05) is 28.9 Å². The normalized spacial score (nSPS) is 22.8. The highest BCUT2D eigenvalue weighted by molar-refractivity contribution is 6.12. The van der Waals surface area contributed by atoms with Gasteiger partial charge in [0.1, 0.15) is 0 Å². The lowest BCUT2D eigenvalue weighted by Crippen LogP contribution is -2.20. The van der Waals surface area contributed by atoms with Crippen molar-refractivity contribution >= 4 is 28.9 Å². The van der Waals surface area contributed by atoms with E-state index in [2.05, 4.69) is 27.9 Å². The highest BCUT2D eigenvalue weighted by atomic mass is 16.2. The first kappa shape index (κ1) is 19.0. The summed E-state index contributed by atoms with van der Waals surface area (Å²) < 4.78 is 0. The Bertz CT molecular complexity index is 993. The zero-order valence-corrected chi connectivity index (χ0v) is 17.1. The van der Waals surface area contributed by atoms with Crippen LogP contribution in [0.25, 0.3) is 0 Å². The lowest BCUT2D eigenvalue weighted by molar-refractivity contribution is -0.116. The van der Waals surface area contributed by atoms with E-state index >= 15 is 0 Å². The van der Waals surface area contributed by atoms with Gasteiger partial charge < -0.3 is 10.6 Å². The summed E-state index contributed by atoms with van der Waals surface area (Å²) in [7, 11) is 0. The molecule has 2 saturated carbocycles. The van der Waals surface area contributed by atoms with Crippen LogP contribution in [-0.2, 0) is 4.79 Å². The maximum absolute atomic E-state index is 12.6. The fraction of sp³-hybridized carbons (Fsp3) is 0.375. The monoisotopic (exact) mass is 402 g/mol. The van der Waals surface area contributed by atoms with E-state index in [1.165, 1.54) is 29.8 Å². The van der Waals surface area contributed by atoms with Crippen molar-refractivity contribution in [3.63, 3.8) is 0 Å². The summed E-state index contributed by atoms with van der Waals surface area (Å²) in [6.45, 7) is 2.99. The van der Waals surface area contributed by atoms with Crippen LogP contribution in [0.15, 0.2) is 53.6 Å². The lowest BCUT2D eigenvalue weighted by atomic mass is 10.1. The largest absolute Gasteiger partial charge is 0.322 e. The highest BCUT2D eigenvalue weighted by Gasteiger charge is 2.38. The number of anilines is 2. The number of nitrogens with one attached hydrogen (secondary N) is 2. The molecule has 2 unspecified atom stereocenters. The van der Waals surface area contributed by atoms with E-state index in [9.17, 15) is 9.59 Å². The molecule has 0 radical (unpaired) electrons. The van der Waals surface area contributed by atoms with Gasteiger partial charge in [-0.3, -0.25) is 9.59 Å². The Hall–Kier alpha value is -2.99. The van der Waals surface area contributed by atoms with Crippen LogP contribution in [0, 0.1) is 5.92 Å². The summed E-state index contributed by atoms with van der Waals surface area (Å²) in [6, 6.07) is 15.7. The van der Waals surface area contributed by atoms with E-state index in [0.717, 1.165) is 18.2 Å².